The van der Waals surface area contributed by atoms with Crippen LogP contribution in [0, 0.1) is 0 Å². The molecule has 0 spiro atoms. The number of aliphatic hydroxyl groups is 1. The Morgan fingerprint density at radius 2 is 0.949 bits per heavy atom. The fourth-order valence-corrected chi connectivity index (χ4v) is 7.83. The van der Waals surface area contributed by atoms with Crippen molar-refractivity contribution in [2.45, 2.75) is 238 Å². The van der Waals surface area contributed by atoms with Crippen LogP contribution in [0.15, 0.2) is 36.5 Å². The first kappa shape index (κ1) is 57.7. The lowest BCUT2D eigenvalue weighted by atomic mass is 10.0. The third-order valence-electron chi connectivity index (χ3n) is 11.1. The van der Waals surface area contributed by atoms with Gasteiger partial charge < -0.3 is 28.8 Å². The molecule has 9 heteroatoms. The van der Waals surface area contributed by atoms with Crippen LogP contribution >= 0.6 is 7.82 Å². The topological polar surface area (TPSA) is 108 Å². The molecule has 0 rings (SSSR count). The fraction of sp³-hybridized carbons (Fsp3) is 0.860. The first-order valence-corrected chi connectivity index (χ1v) is 26.3. The van der Waals surface area contributed by atoms with Gasteiger partial charge in [0, 0.05) is 6.42 Å². The number of nitrogens with zero attached hydrogens (tertiary/aromatic N) is 1. The molecule has 59 heavy (non-hydrogen) atoms. The number of quaternary nitrogens is 1. The Hall–Kier alpha value is -1.28. The summed E-state index contributed by atoms with van der Waals surface area (Å²) >= 11 is 0. The van der Waals surface area contributed by atoms with E-state index in [2.05, 4.69) is 43.5 Å². The fourth-order valence-electron chi connectivity index (χ4n) is 7.10. The van der Waals surface area contributed by atoms with Gasteiger partial charge in [-0.25, -0.2) is 0 Å². The smallest absolute Gasteiger partial charge is 0.268 e. The van der Waals surface area contributed by atoms with E-state index in [1.807, 2.05) is 27.2 Å². The maximum absolute atomic E-state index is 12.9. The summed E-state index contributed by atoms with van der Waals surface area (Å²) in [4.78, 5) is 25.4. The van der Waals surface area contributed by atoms with Crippen LogP contribution in [0.3, 0.4) is 0 Å². The van der Waals surface area contributed by atoms with E-state index in [1.54, 1.807) is 6.08 Å². The molecule has 348 valence electrons. The zero-order chi connectivity index (χ0) is 43.6. The van der Waals surface area contributed by atoms with Gasteiger partial charge in [0.1, 0.15) is 13.2 Å². The van der Waals surface area contributed by atoms with Crippen LogP contribution in [-0.4, -0.2) is 68.5 Å². The summed E-state index contributed by atoms with van der Waals surface area (Å²) in [6.07, 6.45) is 52.0. The Bertz CT molecular complexity index is 1060. The molecule has 0 aliphatic rings. The number of hydrogen-bond donors (Lipinski definition) is 2. The zero-order valence-electron chi connectivity index (χ0n) is 39.5. The molecular weight excluding hydrogens is 756 g/mol. The van der Waals surface area contributed by atoms with Gasteiger partial charge in [-0.2, -0.15) is 0 Å². The van der Waals surface area contributed by atoms with Crippen LogP contribution in [-0.2, 0) is 18.4 Å². The van der Waals surface area contributed by atoms with Gasteiger partial charge in [0.2, 0.25) is 5.91 Å². The maximum Gasteiger partial charge on any atom is 0.268 e. The van der Waals surface area contributed by atoms with Gasteiger partial charge >= 0.3 is 0 Å². The van der Waals surface area contributed by atoms with Gasteiger partial charge in [0.15, 0.2) is 0 Å². The number of aliphatic hydroxyl groups excluding tert-OH is 1. The van der Waals surface area contributed by atoms with Crippen LogP contribution in [0.4, 0.5) is 0 Å². The molecule has 8 nitrogen and oxygen atoms in total. The quantitative estimate of drug-likeness (QED) is 0.0273. The van der Waals surface area contributed by atoms with E-state index in [1.165, 1.54) is 167 Å². The summed E-state index contributed by atoms with van der Waals surface area (Å²) in [6, 6.07) is -0.904. The first-order valence-electron chi connectivity index (χ1n) is 24.9. The monoisotopic (exact) mass is 853 g/mol. The van der Waals surface area contributed by atoms with E-state index >= 15 is 0 Å². The van der Waals surface area contributed by atoms with Crippen LogP contribution < -0.4 is 10.2 Å². The number of unbranched alkanes of at least 4 members (excludes halogenated alkanes) is 28. The lowest BCUT2D eigenvalue weighted by molar-refractivity contribution is -0.870. The van der Waals surface area contributed by atoms with Crippen LogP contribution in [0.25, 0.3) is 0 Å². The van der Waals surface area contributed by atoms with Gasteiger partial charge in [-0.3, -0.25) is 9.36 Å². The van der Waals surface area contributed by atoms with Crippen molar-refractivity contribution in [3.8, 4) is 0 Å². The van der Waals surface area contributed by atoms with Crippen molar-refractivity contribution in [3.63, 3.8) is 0 Å². The molecule has 3 unspecified atom stereocenters. The number of carbonyl (C=O) groups excluding carboxylic acids is 1. The summed E-state index contributed by atoms with van der Waals surface area (Å²) < 4.78 is 23.2. The number of carbonyl (C=O) groups is 1. The molecule has 0 aliphatic carbocycles. The highest BCUT2D eigenvalue weighted by atomic mass is 31.2. The Balaban J connectivity index is 4.34. The highest BCUT2D eigenvalue weighted by Gasteiger charge is 2.23. The van der Waals surface area contributed by atoms with Crippen molar-refractivity contribution in [3.05, 3.63) is 36.5 Å². The molecule has 0 heterocycles. The van der Waals surface area contributed by atoms with Crippen molar-refractivity contribution in [1.29, 1.82) is 0 Å². The van der Waals surface area contributed by atoms with Gasteiger partial charge in [-0.15, -0.1) is 0 Å². The predicted molar refractivity (Wildman–Crippen MR) is 251 cm³/mol. The molecule has 0 aromatic rings. The van der Waals surface area contributed by atoms with Crippen LogP contribution in [0.1, 0.15) is 226 Å². The highest BCUT2D eigenvalue weighted by Crippen LogP contribution is 2.38. The van der Waals surface area contributed by atoms with Crippen molar-refractivity contribution < 1.29 is 32.9 Å². The summed E-state index contributed by atoms with van der Waals surface area (Å²) in [6.45, 7) is 4.63. The van der Waals surface area contributed by atoms with Crippen molar-refractivity contribution in [1.82, 2.24) is 5.32 Å². The number of hydrogen-bond acceptors (Lipinski definition) is 6. The lowest BCUT2D eigenvalue weighted by Gasteiger charge is -2.29. The van der Waals surface area contributed by atoms with E-state index in [0.29, 0.717) is 17.4 Å². The maximum atomic E-state index is 12.9. The minimum Gasteiger partial charge on any atom is -0.756 e. The summed E-state index contributed by atoms with van der Waals surface area (Å²) in [5.41, 5.74) is 0. The molecule has 0 aromatic heterocycles. The molecule has 2 N–H and O–H groups in total. The lowest BCUT2D eigenvalue weighted by Crippen LogP contribution is -2.45. The molecule has 0 aliphatic heterocycles. The van der Waals surface area contributed by atoms with Gasteiger partial charge in [-0.1, -0.05) is 198 Å². The van der Waals surface area contributed by atoms with Crippen molar-refractivity contribution in [2.24, 2.45) is 0 Å². The molecule has 0 fully saturated rings. The van der Waals surface area contributed by atoms with Crippen molar-refractivity contribution in [2.75, 3.05) is 40.9 Å². The third kappa shape index (κ3) is 44.6. The average molecular weight is 853 g/mol. The Morgan fingerprint density at radius 3 is 1.37 bits per heavy atom. The average Bonchev–Trinajstić information content (AvgIpc) is 3.19. The minimum atomic E-state index is -4.60. The van der Waals surface area contributed by atoms with Crippen molar-refractivity contribution >= 4 is 13.7 Å². The normalized spacial score (nSPS) is 14.5. The SMILES string of the molecule is CCCCCCCCCCC/C=C/CC/C=C/C(O)C(COP(=O)([O-])OCC[N+](C)(C)C)NC(=O)CCCCCCCCC/C=C\CCCCCCCCCCCCC. The molecular formula is C50H97N2O6P. The largest absolute Gasteiger partial charge is 0.756 e. The number of nitrogens with one attached hydrogen (secondary N) is 1. The number of rotatable bonds is 45. The molecule has 0 aromatic carbocycles. The predicted octanol–water partition coefficient (Wildman–Crippen LogP) is 13.6. The third-order valence-corrected chi connectivity index (χ3v) is 12.0. The highest BCUT2D eigenvalue weighted by molar-refractivity contribution is 7.45. The van der Waals surface area contributed by atoms with Crippen LogP contribution in [0.5, 0.6) is 0 Å². The van der Waals surface area contributed by atoms with Crippen LogP contribution in [0.2, 0.25) is 0 Å². The molecule has 0 saturated carbocycles. The van der Waals surface area contributed by atoms with E-state index in [4.69, 9.17) is 9.05 Å². The van der Waals surface area contributed by atoms with Gasteiger partial charge in [-0.05, 0) is 57.8 Å². The second kappa shape index (κ2) is 42.0. The second-order valence-electron chi connectivity index (χ2n) is 18.2. The Morgan fingerprint density at radius 1 is 0.576 bits per heavy atom. The van der Waals surface area contributed by atoms with E-state index in [9.17, 15) is 19.4 Å². The molecule has 1 amide bonds. The Labute approximate surface area is 366 Å². The molecule has 0 bridgehead atoms. The first-order chi connectivity index (χ1) is 28.5. The number of likely N-dealkylation sites (N-methyl/N-ethyl adjacent to an activating group) is 1. The van der Waals surface area contributed by atoms with Gasteiger partial charge in [0.25, 0.3) is 7.82 Å². The number of allylic oxidation sites excluding steroid dienone is 5. The summed E-state index contributed by atoms with van der Waals surface area (Å²) in [5, 5.41) is 13.8. The van der Waals surface area contributed by atoms with Gasteiger partial charge in [0.05, 0.1) is 39.9 Å². The van der Waals surface area contributed by atoms with E-state index in [0.717, 1.165) is 38.5 Å². The number of phosphoric ester groups is 1. The number of phosphoric acid groups is 1. The summed E-state index contributed by atoms with van der Waals surface area (Å²) in [7, 11) is 1.24. The molecule has 3 atom stereocenters. The molecule has 0 saturated heterocycles. The van der Waals surface area contributed by atoms with E-state index in [-0.39, 0.29) is 12.5 Å². The standard InChI is InChI=1S/C50H97N2O6P/c1-6-8-10-12-14-16-18-20-22-23-24-25-26-27-28-30-32-34-36-38-40-42-44-50(54)51-48(47-58-59(55,56)57-46-45-52(3,4)5)49(53)43-41-39-37-35-33-31-29-21-19-17-15-13-11-9-7-2/h26-27,33,35,41,43,48-49,53H,6-25,28-32,34,36-40,42,44-47H2,1-5H3,(H-,51,54,55,56)/b27-26-,35-33+,43-41+. The van der Waals surface area contributed by atoms with E-state index < -0.39 is 26.6 Å². The number of amides is 1. The zero-order valence-corrected chi connectivity index (χ0v) is 40.4. The summed E-state index contributed by atoms with van der Waals surface area (Å²) in [5.74, 6) is -0.211. The second-order valence-corrected chi connectivity index (χ2v) is 19.6. The molecule has 0 radical (unpaired) electrons. The Kier molecular flexibility index (Phi) is 41.1. The minimum absolute atomic E-state index is 0.00699.